The zero-order valence-corrected chi connectivity index (χ0v) is 99.0. The monoisotopic (exact) mass is 2010 g/mol. The number of hydrogen-bond donors (Lipinski definition) is 1. The van der Waals surface area contributed by atoms with E-state index in [1.54, 1.807) is 6.07 Å². The number of anilines is 6. The maximum Gasteiger partial charge on any atom is 0.225 e. The van der Waals surface area contributed by atoms with Gasteiger partial charge in [0.1, 0.15) is 5.82 Å². The van der Waals surface area contributed by atoms with Crippen molar-refractivity contribution in [3.05, 3.63) is 173 Å². The van der Waals surface area contributed by atoms with Crippen molar-refractivity contribution < 1.29 is 4.39 Å². The van der Waals surface area contributed by atoms with Gasteiger partial charge in [-0.15, -0.1) is 15.3 Å². The van der Waals surface area contributed by atoms with Gasteiger partial charge in [0, 0.05) is 185 Å². The number of piperidine rings is 4. The Bertz CT molecular complexity index is 4350. The van der Waals surface area contributed by atoms with E-state index in [2.05, 4.69) is 413 Å². The van der Waals surface area contributed by atoms with Crippen LogP contribution in [0.2, 0.25) is 0 Å². The average molecular weight is 2020 g/mol. The molecule has 0 aliphatic carbocycles. The minimum absolute atomic E-state index is 0.162. The summed E-state index contributed by atoms with van der Waals surface area (Å²) in [6, 6.07) is 35.2. The highest BCUT2D eigenvalue weighted by molar-refractivity contribution is 5.50. The molecule has 8 aromatic rings. The van der Waals surface area contributed by atoms with Gasteiger partial charge < -0.3 is 34.7 Å². The first-order valence-corrected chi connectivity index (χ1v) is 57.6. The Labute approximate surface area is 890 Å². The predicted molar refractivity (Wildman–Crippen MR) is 623 cm³/mol. The molecular formula is C123H209FN22. The van der Waals surface area contributed by atoms with Crippen LogP contribution >= 0.6 is 0 Å². The van der Waals surface area contributed by atoms with Crippen LogP contribution in [-0.4, -0.2) is 247 Å². The Balaban J connectivity index is 0.000000223. The molecule has 15 rings (SSSR count). The van der Waals surface area contributed by atoms with Gasteiger partial charge in [0.15, 0.2) is 11.6 Å². The quantitative estimate of drug-likeness (QED) is 0.0541. The molecule has 7 fully saturated rings. The summed E-state index contributed by atoms with van der Waals surface area (Å²) in [6.07, 6.45) is 21.9. The molecule has 12 heterocycles. The molecule has 3 aromatic carbocycles. The van der Waals surface area contributed by atoms with Crippen LogP contribution in [0.3, 0.4) is 0 Å². The van der Waals surface area contributed by atoms with Crippen LogP contribution in [0, 0.1) is 53.2 Å². The molecule has 1 N–H and O–H groups in total. The van der Waals surface area contributed by atoms with Crippen molar-refractivity contribution in [2.45, 2.75) is 391 Å². The largest absolute Gasteiger partial charge is 0.381 e. The zero-order valence-electron chi connectivity index (χ0n) is 99.0. The van der Waals surface area contributed by atoms with Crippen molar-refractivity contribution in [3.63, 3.8) is 0 Å². The van der Waals surface area contributed by atoms with E-state index in [0.29, 0.717) is 65.1 Å². The van der Waals surface area contributed by atoms with Crippen LogP contribution in [0.25, 0.3) is 5.69 Å². The summed E-state index contributed by atoms with van der Waals surface area (Å²) < 4.78 is 15.3. The van der Waals surface area contributed by atoms with E-state index in [9.17, 15) is 4.39 Å². The lowest BCUT2D eigenvalue weighted by Gasteiger charge is -2.38. The van der Waals surface area contributed by atoms with Crippen LogP contribution < -0.4 is 29.8 Å². The molecule has 23 heteroatoms. The third kappa shape index (κ3) is 42.8. The highest BCUT2D eigenvalue weighted by Gasteiger charge is 2.30. The maximum absolute atomic E-state index is 13.5. The molecular weight excluding hydrogens is 1800 g/mol. The van der Waals surface area contributed by atoms with Crippen molar-refractivity contribution in [1.29, 1.82) is 0 Å². The lowest BCUT2D eigenvalue weighted by molar-refractivity contribution is 0.0887. The number of rotatable bonds is 26. The second-order valence-electron chi connectivity index (χ2n) is 48.2. The van der Waals surface area contributed by atoms with Gasteiger partial charge in [-0.2, -0.15) is 10.2 Å². The number of benzene rings is 3. The average Bonchev–Trinajstić information content (AvgIpc) is 1.20. The molecule has 0 bridgehead atoms. The van der Waals surface area contributed by atoms with E-state index < -0.39 is 0 Å². The van der Waals surface area contributed by atoms with Gasteiger partial charge in [-0.1, -0.05) is 202 Å². The van der Waals surface area contributed by atoms with E-state index in [0.717, 1.165) is 196 Å². The number of aromatic nitrogens is 11. The molecule has 0 atom stereocenters. The summed E-state index contributed by atoms with van der Waals surface area (Å²) in [4.78, 5) is 42.6. The van der Waals surface area contributed by atoms with E-state index in [1.807, 2.05) is 61.6 Å². The number of nitrogens with one attached hydrogen (secondary N) is 1. The first kappa shape index (κ1) is 125. The topological polar surface area (TPSA) is 178 Å². The Morgan fingerprint density at radius 1 is 0.281 bits per heavy atom. The molecule has 818 valence electrons. The highest BCUT2D eigenvalue weighted by Crippen LogP contribution is 2.34. The molecule has 146 heavy (non-hydrogen) atoms. The number of halogens is 1. The Kier molecular flexibility index (Phi) is 54.4. The van der Waals surface area contributed by atoms with Gasteiger partial charge >= 0.3 is 0 Å². The van der Waals surface area contributed by atoms with Crippen molar-refractivity contribution in [2.24, 2.45) is 47.3 Å². The molecule has 7 saturated heterocycles. The molecule has 22 nitrogen and oxygen atoms in total. The predicted octanol–water partition coefficient (Wildman–Crippen LogP) is 27.7. The first-order chi connectivity index (χ1) is 69.2. The zero-order chi connectivity index (χ0) is 108. The van der Waals surface area contributed by atoms with E-state index in [1.165, 1.54) is 138 Å². The molecule has 0 spiro atoms. The van der Waals surface area contributed by atoms with Crippen LogP contribution in [0.5, 0.6) is 0 Å². The van der Waals surface area contributed by atoms with Gasteiger partial charge in [-0.05, 0) is 337 Å². The van der Waals surface area contributed by atoms with Crippen molar-refractivity contribution >= 4 is 34.9 Å². The molecule has 0 amide bonds. The molecule has 7 aliphatic heterocycles. The minimum Gasteiger partial charge on any atom is -0.381 e. The Hall–Kier alpha value is -8.35. The summed E-state index contributed by atoms with van der Waals surface area (Å²) in [7, 11) is 0. The summed E-state index contributed by atoms with van der Waals surface area (Å²) in [5, 5.41) is 28.7. The standard InChI is InChI=1S/C17H27N.C16H27N3.C15H25N3.2C14H24N4.C14H19N3.C12H18FN.C11H23N.C10H22N2/c1-13(2)15-5-7-17(8-6-15)18-11-9-16(10-12-18)14(3)4;1-12(2)11-14-7-9-19(10-8-14)16-6-5-15(13(3)4)17-18-16;1-11(2)13-5-7-18(8-6-13)15-16-9-14(10-17-15)12(3)4;1-11(2)13-9-15-14(16-10-13)18-7-5-17(6-8-18)12(3)4;1-11(2)13-5-6-14(16-15-13)18-9-7-17(8-10-18)12(3)4;1-10(2)12-5-7-13(8-6-12)17-9-14(11(3)4)15-16-17;1-8(2)10-5-6-12(11(13)7-10)14-9(3)4;2*1-9(2)11-5-7-12(8-6-11)10(3)4/h5-8,13-14,16H,9-12H2,1-4H3;5-6,12-14H,7-11H2,1-4H3;9-13H,5-8H2,1-4H3;9-12H,5-8H2,1-4H3;5-6,11-12H,7-10H2,1-4H3;5-11H,1-4H3;5-9,14H,1-4H3;9-11H,5-8H2,1-4H3;9-10H,5-8H2,1-4H3. The molecule has 5 aromatic heterocycles. The fraction of sp³-hybridized carbons (Fsp3) is 0.707. The van der Waals surface area contributed by atoms with Crippen molar-refractivity contribution in [3.8, 4) is 5.69 Å². The summed E-state index contributed by atoms with van der Waals surface area (Å²) in [6.45, 7) is 103. The van der Waals surface area contributed by atoms with Crippen molar-refractivity contribution in [2.75, 3.05) is 161 Å². The molecule has 0 unspecified atom stereocenters. The minimum atomic E-state index is -0.162. The second kappa shape index (κ2) is 63.7. The highest BCUT2D eigenvalue weighted by atomic mass is 19.1. The molecule has 7 aliphatic rings. The van der Waals surface area contributed by atoms with Gasteiger partial charge in [-0.3, -0.25) is 19.6 Å². The van der Waals surface area contributed by atoms with Crippen LogP contribution in [0.4, 0.5) is 39.3 Å². The first-order valence-electron chi connectivity index (χ1n) is 57.6. The lowest BCUT2D eigenvalue weighted by atomic mass is 9.86. The molecule has 0 saturated carbocycles. The Morgan fingerprint density at radius 2 is 0.589 bits per heavy atom. The maximum atomic E-state index is 13.5. The normalized spacial score (nSPS) is 17.1. The number of likely N-dealkylation sites (tertiary alicyclic amines) is 1. The smallest absolute Gasteiger partial charge is 0.225 e. The van der Waals surface area contributed by atoms with E-state index >= 15 is 0 Å². The van der Waals surface area contributed by atoms with Crippen LogP contribution in [0.1, 0.15) is 399 Å². The van der Waals surface area contributed by atoms with E-state index in [-0.39, 0.29) is 11.9 Å². The SMILES string of the molecule is CC(C)C1CCN(C(C)C)CC1.CC(C)CC1CCN(c2ccc(C(C)C)nn2)CC1.CC(C)N1CCN(C(C)C)CC1.CC(C)Nc1ccc(C(C)C)cc1F.CC(C)c1ccc(-n2cc(C(C)C)nn2)cc1.CC(C)c1ccc(N2CCC(C(C)C)CC2)cc1.CC(C)c1ccc(N2CCN(C(C)C)CC2)nn1.CC(C)c1cnc(N2CCC(C(C)C)CC2)nc1.CC(C)c1cnc(N2CCN(C(C)C)CC2)nc1. The summed E-state index contributed by atoms with van der Waals surface area (Å²) in [5.74, 6) is 14.6. The molecule has 0 radical (unpaired) electrons. The van der Waals surface area contributed by atoms with Crippen LogP contribution in [0.15, 0.2) is 122 Å². The Morgan fingerprint density at radius 3 is 0.897 bits per heavy atom. The number of hydrogen-bond acceptors (Lipinski definition) is 21. The van der Waals surface area contributed by atoms with Gasteiger partial charge in [0.05, 0.1) is 34.7 Å². The van der Waals surface area contributed by atoms with Gasteiger partial charge in [0.2, 0.25) is 11.9 Å². The third-order valence-corrected chi connectivity index (χ3v) is 30.9. The third-order valence-electron chi connectivity index (χ3n) is 30.9. The fourth-order valence-electron chi connectivity index (χ4n) is 19.7. The second-order valence-corrected chi connectivity index (χ2v) is 48.2. The van der Waals surface area contributed by atoms with Crippen molar-refractivity contribution in [1.82, 2.24) is 79.8 Å². The fourth-order valence-corrected chi connectivity index (χ4v) is 19.7. The number of piperazine rings is 3. The summed E-state index contributed by atoms with van der Waals surface area (Å²) in [5.41, 5.74) is 12.5. The van der Waals surface area contributed by atoms with E-state index in [4.69, 9.17) is 0 Å². The summed E-state index contributed by atoms with van der Waals surface area (Å²) >= 11 is 0. The number of nitrogens with zero attached hydrogens (tertiary/aromatic N) is 21. The van der Waals surface area contributed by atoms with Gasteiger partial charge in [-0.25, -0.2) is 29.0 Å². The van der Waals surface area contributed by atoms with Gasteiger partial charge in [0.25, 0.3) is 0 Å². The van der Waals surface area contributed by atoms with Crippen LogP contribution in [-0.2, 0) is 0 Å². The lowest BCUT2D eigenvalue weighted by Crippen LogP contribution is -2.50.